The molecule has 0 radical (unpaired) electrons. The van der Waals surface area contributed by atoms with Crippen LogP contribution in [0.2, 0.25) is 0 Å². The number of benzene rings is 3. The molecule has 0 saturated carbocycles. The first-order valence-electron chi connectivity index (χ1n) is 11.5. The quantitative estimate of drug-likeness (QED) is 0.349. The molecule has 3 aromatic rings. The summed E-state index contributed by atoms with van der Waals surface area (Å²) in [6.45, 7) is 4.10. The summed E-state index contributed by atoms with van der Waals surface area (Å²) in [5.74, 6) is -1.70. The lowest BCUT2D eigenvalue weighted by molar-refractivity contribution is -0.122. The maximum atomic E-state index is 13.2. The topological polar surface area (TPSA) is 122 Å². The van der Waals surface area contributed by atoms with Crippen LogP contribution in [0.25, 0.3) is 6.08 Å². The Labute approximate surface area is 212 Å². The van der Waals surface area contributed by atoms with E-state index in [1.165, 1.54) is 18.2 Å². The second-order valence-corrected chi connectivity index (χ2v) is 8.17. The number of hydrogen-bond acceptors (Lipinski definition) is 6. The minimum Gasteiger partial charge on any atom is -0.490 e. The Morgan fingerprint density at radius 1 is 0.973 bits per heavy atom. The SMILES string of the molecule is CCOc1cc(/C=C2\C(=O)NC(=O)N(c3ccccc3C)C2=O)ccc1OCc1ccc(C(=O)O)cc1. The fourth-order valence-electron chi connectivity index (χ4n) is 3.76. The third-order valence-corrected chi connectivity index (χ3v) is 5.63. The summed E-state index contributed by atoms with van der Waals surface area (Å²) in [5.41, 5.74) is 2.34. The van der Waals surface area contributed by atoms with Gasteiger partial charge in [0.25, 0.3) is 11.8 Å². The Morgan fingerprint density at radius 2 is 1.70 bits per heavy atom. The van der Waals surface area contributed by atoms with Gasteiger partial charge in [-0.05, 0) is 66.9 Å². The number of carboxylic acids is 1. The van der Waals surface area contributed by atoms with E-state index in [-0.39, 0.29) is 17.7 Å². The van der Waals surface area contributed by atoms with E-state index in [9.17, 15) is 19.2 Å². The second kappa shape index (κ2) is 10.8. The number of rotatable bonds is 8. The molecule has 4 amide bonds. The van der Waals surface area contributed by atoms with Crippen LogP contribution in [0.4, 0.5) is 10.5 Å². The molecule has 1 aliphatic rings. The van der Waals surface area contributed by atoms with E-state index in [2.05, 4.69) is 5.32 Å². The second-order valence-electron chi connectivity index (χ2n) is 8.17. The molecular weight excluding hydrogens is 476 g/mol. The molecule has 0 unspecified atom stereocenters. The van der Waals surface area contributed by atoms with Gasteiger partial charge in [-0.15, -0.1) is 0 Å². The molecule has 4 rings (SSSR count). The van der Waals surface area contributed by atoms with Gasteiger partial charge < -0.3 is 14.6 Å². The normalized spacial score (nSPS) is 14.5. The van der Waals surface area contributed by atoms with Crippen LogP contribution in [0.1, 0.15) is 34.0 Å². The van der Waals surface area contributed by atoms with Gasteiger partial charge in [0.1, 0.15) is 12.2 Å². The first-order chi connectivity index (χ1) is 17.8. The number of anilines is 1. The van der Waals surface area contributed by atoms with Crippen LogP contribution in [0, 0.1) is 6.92 Å². The van der Waals surface area contributed by atoms with Crippen molar-refractivity contribution in [2.45, 2.75) is 20.5 Å². The number of nitrogens with one attached hydrogen (secondary N) is 1. The van der Waals surface area contributed by atoms with Crippen molar-refractivity contribution in [3.63, 3.8) is 0 Å². The van der Waals surface area contributed by atoms with E-state index in [0.29, 0.717) is 34.9 Å². The predicted molar refractivity (Wildman–Crippen MR) is 136 cm³/mol. The molecule has 0 bridgehead atoms. The van der Waals surface area contributed by atoms with E-state index in [0.717, 1.165) is 10.5 Å². The third-order valence-electron chi connectivity index (χ3n) is 5.63. The van der Waals surface area contributed by atoms with Crippen LogP contribution in [0.3, 0.4) is 0 Å². The monoisotopic (exact) mass is 500 g/mol. The molecular formula is C28H24N2O7. The van der Waals surface area contributed by atoms with Crippen molar-refractivity contribution in [1.29, 1.82) is 0 Å². The average Bonchev–Trinajstić information content (AvgIpc) is 2.87. The number of aromatic carboxylic acids is 1. The zero-order valence-corrected chi connectivity index (χ0v) is 20.2. The molecule has 3 aromatic carbocycles. The zero-order chi connectivity index (χ0) is 26.5. The highest BCUT2D eigenvalue weighted by Gasteiger charge is 2.37. The minimum absolute atomic E-state index is 0.175. The summed E-state index contributed by atoms with van der Waals surface area (Å²) < 4.78 is 11.6. The molecule has 1 heterocycles. The Balaban J connectivity index is 1.59. The highest BCUT2D eigenvalue weighted by molar-refractivity contribution is 6.39. The highest BCUT2D eigenvalue weighted by atomic mass is 16.5. The Bertz CT molecular complexity index is 1410. The number of aryl methyl sites for hydroxylation is 1. The van der Waals surface area contributed by atoms with Crippen LogP contribution in [-0.4, -0.2) is 35.5 Å². The van der Waals surface area contributed by atoms with Gasteiger partial charge in [-0.25, -0.2) is 14.5 Å². The van der Waals surface area contributed by atoms with Crippen molar-refractivity contribution in [2.24, 2.45) is 0 Å². The lowest BCUT2D eigenvalue weighted by Crippen LogP contribution is -2.54. The lowest BCUT2D eigenvalue weighted by atomic mass is 10.1. The van der Waals surface area contributed by atoms with Crippen molar-refractivity contribution < 1.29 is 33.8 Å². The summed E-state index contributed by atoms with van der Waals surface area (Å²) in [5, 5.41) is 11.3. The summed E-state index contributed by atoms with van der Waals surface area (Å²) in [7, 11) is 0. The number of ether oxygens (including phenoxy) is 2. The van der Waals surface area contributed by atoms with Crippen LogP contribution in [-0.2, 0) is 16.2 Å². The van der Waals surface area contributed by atoms with E-state index >= 15 is 0 Å². The lowest BCUT2D eigenvalue weighted by Gasteiger charge is -2.27. The van der Waals surface area contributed by atoms with E-state index in [1.54, 1.807) is 61.5 Å². The molecule has 0 atom stereocenters. The van der Waals surface area contributed by atoms with Gasteiger partial charge in [-0.2, -0.15) is 0 Å². The number of nitrogens with zero attached hydrogens (tertiary/aromatic N) is 1. The van der Waals surface area contributed by atoms with Gasteiger partial charge >= 0.3 is 12.0 Å². The number of imide groups is 2. The molecule has 1 saturated heterocycles. The number of barbiturate groups is 1. The van der Waals surface area contributed by atoms with Gasteiger partial charge in [-0.1, -0.05) is 36.4 Å². The average molecular weight is 501 g/mol. The Morgan fingerprint density at radius 3 is 2.38 bits per heavy atom. The summed E-state index contributed by atoms with van der Waals surface area (Å²) >= 11 is 0. The first-order valence-corrected chi connectivity index (χ1v) is 11.5. The number of carboxylic acid groups (broad SMARTS) is 1. The molecule has 2 N–H and O–H groups in total. The van der Waals surface area contributed by atoms with Crippen molar-refractivity contribution in [1.82, 2.24) is 5.32 Å². The molecule has 9 nitrogen and oxygen atoms in total. The van der Waals surface area contributed by atoms with Crippen LogP contribution in [0.5, 0.6) is 11.5 Å². The molecule has 188 valence electrons. The molecule has 0 aromatic heterocycles. The van der Waals surface area contributed by atoms with Crippen LogP contribution in [0.15, 0.2) is 72.3 Å². The molecule has 9 heteroatoms. The van der Waals surface area contributed by atoms with Gasteiger partial charge in [0.05, 0.1) is 17.9 Å². The van der Waals surface area contributed by atoms with Gasteiger partial charge in [-0.3, -0.25) is 14.9 Å². The van der Waals surface area contributed by atoms with Crippen LogP contribution < -0.4 is 19.7 Å². The zero-order valence-electron chi connectivity index (χ0n) is 20.2. The van der Waals surface area contributed by atoms with Crippen molar-refractivity contribution >= 4 is 35.6 Å². The molecule has 0 aliphatic carbocycles. The summed E-state index contributed by atoms with van der Waals surface area (Å²) in [6.07, 6.45) is 1.40. The maximum Gasteiger partial charge on any atom is 0.335 e. The number of hydrogen-bond donors (Lipinski definition) is 2. The molecule has 37 heavy (non-hydrogen) atoms. The van der Waals surface area contributed by atoms with Crippen molar-refractivity contribution in [3.05, 3.63) is 94.6 Å². The highest BCUT2D eigenvalue weighted by Crippen LogP contribution is 2.31. The number of carbonyl (C=O) groups is 4. The molecule has 1 aliphatic heterocycles. The molecule has 0 spiro atoms. The van der Waals surface area contributed by atoms with E-state index in [1.807, 2.05) is 6.92 Å². The number of para-hydroxylation sites is 1. The Kier molecular flexibility index (Phi) is 7.34. The van der Waals surface area contributed by atoms with E-state index in [4.69, 9.17) is 14.6 Å². The van der Waals surface area contributed by atoms with Crippen LogP contribution >= 0.6 is 0 Å². The predicted octanol–water partition coefficient (Wildman–Crippen LogP) is 4.34. The summed E-state index contributed by atoms with van der Waals surface area (Å²) in [6, 6.07) is 17.4. The number of urea groups is 1. The fourth-order valence-corrected chi connectivity index (χ4v) is 3.76. The fraction of sp³-hybridized carbons (Fsp3) is 0.143. The number of amides is 4. The smallest absolute Gasteiger partial charge is 0.335 e. The third kappa shape index (κ3) is 5.51. The van der Waals surface area contributed by atoms with Crippen molar-refractivity contribution in [2.75, 3.05) is 11.5 Å². The van der Waals surface area contributed by atoms with Gasteiger partial charge in [0.2, 0.25) is 0 Å². The Hall–Kier alpha value is -4.92. The molecule has 1 fully saturated rings. The largest absolute Gasteiger partial charge is 0.490 e. The minimum atomic E-state index is -1.01. The first kappa shape index (κ1) is 25.2. The van der Waals surface area contributed by atoms with E-state index < -0.39 is 23.8 Å². The maximum absolute atomic E-state index is 13.2. The van der Waals surface area contributed by atoms with Gasteiger partial charge in [0.15, 0.2) is 11.5 Å². The number of carbonyl (C=O) groups excluding carboxylic acids is 3. The summed E-state index contributed by atoms with van der Waals surface area (Å²) in [4.78, 5) is 50.2. The standard InChI is InChI=1S/C28H24N2O7/c1-3-36-24-15-19(10-13-23(24)37-16-18-8-11-20(12-9-18)27(33)34)14-21-25(31)29-28(35)30(26(21)32)22-7-5-4-6-17(22)2/h4-15H,3,16H2,1-2H3,(H,33,34)(H,29,31,35)/b21-14+. The van der Waals surface area contributed by atoms with Gasteiger partial charge in [0, 0.05) is 0 Å². The van der Waals surface area contributed by atoms with Crippen molar-refractivity contribution in [3.8, 4) is 11.5 Å².